The van der Waals surface area contributed by atoms with Crippen LogP contribution in [0.15, 0.2) is 0 Å². The van der Waals surface area contributed by atoms with Crippen LogP contribution >= 0.6 is 0 Å². The second-order valence-electron chi connectivity index (χ2n) is 6.54. The summed E-state index contributed by atoms with van der Waals surface area (Å²) < 4.78 is 5.86. The Balaban J connectivity index is 1.70. The van der Waals surface area contributed by atoms with Crippen molar-refractivity contribution in [3.8, 4) is 0 Å². The number of hydrogen-bond acceptors (Lipinski definition) is 4. The van der Waals surface area contributed by atoms with E-state index in [2.05, 4.69) is 23.6 Å². The smallest absolute Gasteiger partial charge is 0.0678 e. The number of nitrogens with two attached hydrogens (primary N) is 1. The summed E-state index contributed by atoms with van der Waals surface area (Å²) in [6, 6.07) is 0.870. The first-order valence-corrected chi connectivity index (χ1v) is 7.47. The van der Waals surface area contributed by atoms with E-state index in [1.165, 1.54) is 32.4 Å². The van der Waals surface area contributed by atoms with Crippen LogP contribution in [0.1, 0.15) is 33.1 Å². The number of hydrogen-bond donors (Lipinski definition) is 1. The van der Waals surface area contributed by atoms with Crippen molar-refractivity contribution in [1.29, 1.82) is 0 Å². The minimum absolute atomic E-state index is 0.217. The molecule has 1 aliphatic carbocycles. The average Bonchev–Trinajstić information content (AvgIpc) is 3.08. The molecule has 2 saturated heterocycles. The monoisotopic (exact) mass is 253 g/mol. The zero-order valence-electron chi connectivity index (χ0n) is 11.8. The van der Waals surface area contributed by atoms with Crippen molar-refractivity contribution in [2.45, 2.75) is 56.9 Å². The van der Waals surface area contributed by atoms with Gasteiger partial charge in [-0.1, -0.05) is 0 Å². The molecule has 3 aliphatic rings. The molecule has 3 rings (SSSR count). The molecule has 18 heavy (non-hydrogen) atoms. The normalized spacial score (nSPS) is 43.5. The van der Waals surface area contributed by atoms with Crippen molar-refractivity contribution < 1.29 is 4.74 Å². The van der Waals surface area contributed by atoms with Gasteiger partial charge in [0.05, 0.1) is 12.2 Å². The molecule has 0 aromatic carbocycles. The summed E-state index contributed by atoms with van der Waals surface area (Å²) in [6.45, 7) is 9.65. The second kappa shape index (κ2) is 4.75. The van der Waals surface area contributed by atoms with Crippen molar-refractivity contribution in [3.63, 3.8) is 0 Å². The van der Waals surface area contributed by atoms with Gasteiger partial charge in [-0.15, -0.1) is 0 Å². The highest BCUT2D eigenvalue weighted by Crippen LogP contribution is 2.36. The van der Waals surface area contributed by atoms with E-state index in [4.69, 9.17) is 10.5 Å². The highest BCUT2D eigenvalue weighted by molar-refractivity contribution is 5.04. The second-order valence-corrected chi connectivity index (χ2v) is 6.54. The Bertz CT molecular complexity index is 297. The molecule has 3 fully saturated rings. The molecule has 2 N–H and O–H groups in total. The number of morpholine rings is 1. The number of nitrogens with zero attached hydrogens (tertiary/aromatic N) is 2. The van der Waals surface area contributed by atoms with Gasteiger partial charge in [-0.3, -0.25) is 9.80 Å². The fraction of sp³-hybridized carbons (Fsp3) is 1.00. The van der Waals surface area contributed by atoms with Crippen LogP contribution in [-0.4, -0.2) is 66.3 Å². The van der Waals surface area contributed by atoms with Crippen molar-refractivity contribution in [3.05, 3.63) is 0 Å². The van der Waals surface area contributed by atoms with E-state index in [1.807, 2.05) is 0 Å². The van der Waals surface area contributed by atoms with E-state index in [0.29, 0.717) is 12.2 Å². The largest absolute Gasteiger partial charge is 0.373 e. The van der Waals surface area contributed by atoms with Crippen LogP contribution in [-0.2, 0) is 4.74 Å². The minimum atomic E-state index is 0.217. The third kappa shape index (κ3) is 2.31. The Hall–Kier alpha value is -0.160. The Morgan fingerprint density at radius 3 is 2.44 bits per heavy atom. The maximum absolute atomic E-state index is 6.16. The van der Waals surface area contributed by atoms with E-state index in [9.17, 15) is 0 Å². The lowest BCUT2D eigenvalue weighted by atomic mass is 9.94. The van der Waals surface area contributed by atoms with Crippen LogP contribution in [0.3, 0.4) is 0 Å². The van der Waals surface area contributed by atoms with Gasteiger partial charge < -0.3 is 10.5 Å². The molecule has 3 unspecified atom stereocenters. The number of ether oxygens (including phenoxy) is 1. The fourth-order valence-electron chi connectivity index (χ4n) is 3.76. The minimum Gasteiger partial charge on any atom is -0.373 e. The van der Waals surface area contributed by atoms with Gasteiger partial charge in [0.1, 0.15) is 0 Å². The third-order valence-corrected chi connectivity index (χ3v) is 4.90. The molecule has 0 spiro atoms. The van der Waals surface area contributed by atoms with E-state index in [-0.39, 0.29) is 5.54 Å². The van der Waals surface area contributed by atoms with Crippen LogP contribution < -0.4 is 5.73 Å². The molecule has 0 bridgehead atoms. The molecule has 0 radical (unpaired) electrons. The Labute approximate surface area is 110 Å². The molecule has 2 heterocycles. The Morgan fingerprint density at radius 1 is 1.22 bits per heavy atom. The van der Waals surface area contributed by atoms with E-state index < -0.39 is 0 Å². The van der Waals surface area contributed by atoms with Gasteiger partial charge in [0.25, 0.3) is 0 Å². The van der Waals surface area contributed by atoms with E-state index in [1.54, 1.807) is 0 Å². The van der Waals surface area contributed by atoms with Crippen LogP contribution in [0.5, 0.6) is 0 Å². The van der Waals surface area contributed by atoms with Crippen LogP contribution in [0.25, 0.3) is 0 Å². The quantitative estimate of drug-likeness (QED) is 0.802. The molecule has 0 aromatic rings. The standard InChI is InChI=1S/C14H27N3O/c1-11-7-17(8-12(2)18-11)14(9-15)5-6-16(10-14)13-3-4-13/h11-13H,3-10,15H2,1-2H3. The Kier molecular flexibility index (Phi) is 3.39. The van der Waals surface area contributed by atoms with Crippen LogP contribution in [0.4, 0.5) is 0 Å². The summed E-state index contributed by atoms with van der Waals surface area (Å²) in [7, 11) is 0. The predicted molar refractivity (Wildman–Crippen MR) is 72.6 cm³/mol. The topological polar surface area (TPSA) is 41.7 Å². The SMILES string of the molecule is CC1CN(C2(CN)CCN(C3CC3)C2)CC(C)O1. The molecule has 1 saturated carbocycles. The van der Waals surface area contributed by atoms with Crippen molar-refractivity contribution in [2.24, 2.45) is 5.73 Å². The zero-order valence-corrected chi connectivity index (χ0v) is 11.8. The van der Waals surface area contributed by atoms with Gasteiger partial charge >= 0.3 is 0 Å². The van der Waals surface area contributed by atoms with Crippen molar-refractivity contribution in [1.82, 2.24) is 9.80 Å². The van der Waals surface area contributed by atoms with Gasteiger partial charge in [0.15, 0.2) is 0 Å². The third-order valence-electron chi connectivity index (χ3n) is 4.90. The highest BCUT2D eigenvalue weighted by Gasteiger charge is 2.47. The van der Waals surface area contributed by atoms with E-state index in [0.717, 1.165) is 25.7 Å². The Morgan fingerprint density at radius 2 is 1.89 bits per heavy atom. The molecule has 3 atom stereocenters. The average molecular weight is 253 g/mol. The van der Waals surface area contributed by atoms with Gasteiger partial charge in [-0.25, -0.2) is 0 Å². The number of likely N-dealkylation sites (tertiary alicyclic amines) is 1. The lowest BCUT2D eigenvalue weighted by molar-refractivity contribution is -0.0986. The summed E-state index contributed by atoms with van der Waals surface area (Å²) in [5, 5.41) is 0. The summed E-state index contributed by atoms with van der Waals surface area (Å²) in [6.07, 6.45) is 4.71. The predicted octanol–water partition coefficient (Wildman–Crippen LogP) is 0.661. The fourth-order valence-corrected chi connectivity index (χ4v) is 3.76. The first kappa shape index (κ1) is 12.9. The van der Waals surface area contributed by atoms with Crippen LogP contribution in [0, 0.1) is 0 Å². The molecule has 4 heteroatoms. The maximum atomic E-state index is 6.16. The highest BCUT2D eigenvalue weighted by atomic mass is 16.5. The van der Waals surface area contributed by atoms with Gasteiger partial charge in [0.2, 0.25) is 0 Å². The van der Waals surface area contributed by atoms with Gasteiger partial charge in [0, 0.05) is 44.3 Å². The summed E-state index contributed by atoms with van der Waals surface area (Å²) in [5.41, 5.74) is 6.38. The summed E-state index contributed by atoms with van der Waals surface area (Å²) in [4.78, 5) is 5.28. The van der Waals surface area contributed by atoms with Crippen molar-refractivity contribution >= 4 is 0 Å². The zero-order chi connectivity index (χ0) is 12.8. The molecule has 0 aromatic heterocycles. The van der Waals surface area contributed by atoms with Crippen LogP contribution in [0.2, 0.25) is 0 Å². The lowest BCUT2D eigenvalue weighted by Crippen LogP contribution is -2.61. The summed E-state index contributed by atoms with van der Waals surface area (Å²) >= 11 is 0. The molecule has 4 nitrogen and oxygen atoms in total. The number of rotatable bonds is 3. The molecule has 104 valence electrons. The first-order valence-electron chi connectivity index (χ1n) is 7.47. The molecule has 0 amide bonds. The molecule has 2 aliphatic heterocycles. The van der Waals surface area contributed by atoms with Crippen molar-refractivity contribution in [2.75, 3.05) is 32.7 Å². The lowest BCUT2D eigenvalue weighted by Gasteiger charge is -2.46. The first-order chi connectivity index (χ1) is 8.63. The molecular formula is C14H27N3O. The van der Waals surface area contributed by atoms with Gasteiger partial charge in [-0.2, -0.15) is 0 Å². The molecular weight excluding hydrogens is 226 g/mol. The van der Waals surface area contributed by atoms with E-state index >= 15 is 0 Å². The maximum Gasteiger partial charge on any atom is 0.0678 e. The summed E-state index contributed by atoms with van der Waals surface area (Å²) in [5.74, 6) is 0. The van der Waals surface area contributed by atoms with Gasteiger partial charge in [-0.05, 0) is 33.1 Å².